The second-order valence-electron chi connectivity index (χ2n) is 5.44. The molecule has 0 radical (unpaired) electrons. The highest BCUT2D eigenvalue weighted by atomic mass is 16.5. The standard InChI is InChI=1S/C17H26O4/c1-5-9-14(16(18)21-6-2)17(3,19)12-13-10-7-8-11-15(13)20-4/h7-8,10-11,14,19H,5-6,9,12H2,1-4H3. The molecule has 2 unspecified atom stereocenters. The van der Waals surface area contributed by atoms with Crippen molar-refractivity contribution >= 4 is 5.97 Å². The number of rotatable bonds is 8. The first-order valence-electron chi connectivity index (χ1n) is 7.47. The molecule has 21 heavy (non-hydrogen) atoms. The van der Waals surface area contributed by atoms with Crippen LogP contribution in [0.25, 0.3) is 0 Å². The SMILES string of the molecule is CCCC(C(=O)OCC)C(C)(O)Cc1ccccc1OC. The first-order valence-corrected chi connectivity index (χ1v) is 7.47. The molecule has 0 aromatic heterocycles. The van der Waals surface area contributed by atoms with Crippen LogP contribution in [-0.4, -0.2) is 30.4 Å². The topological polar surface area (TPSA) is 55.8 Å². The minimum atomic E-state index is -1.17. The Kier molecular flexibility index (Phi) is 6.69. The summed E-state index contributed by atoms with van der Waals surface area (Å²) in [4.78, 5) is 12.1. The van der Waals surface area contributed by atoms with Crippen LogP contribution < -0.4 is 4.74 Å². The van der Waals surface area contributed by atoms with E-state index in [4.69, 9.17) is 9.47 Å². The van der Waals surface area contributed by atoms with Gasteiger partial charge in [-0.25, -0.2) is 0 Å². The zero-order valence-electron chi connectivity index (χ0n) is 13.4. The van der Waals surface area contributed by atoms with Gasteiger partial charge < -0.3 is 14.6 Å². The van der Waals surface area contributed by atoms with Crippen LogP contribution in [0.4, 0.5) is 0 Å². The summed E-state index contributed by atoms with van der Waals surface area (Å²) in [6, 6.07) is 7.53. The van der Waals surface area contributed by atoms with Crippen LogP contribution in [-0.2, 0) is 16.0 Å². The predicted octanol–water partition coefficient (Wildman–Crippen LogP) is 2.97. The number of para-hydroxylation sites is 1. The molecule has 0 bridgehead atoms. The van der Waals surface area contributed by atoms with E-state index in [9.17, 15) is 9.90 Å². The van der Waals surface area contributed by atoms with Gasteiger partial charge in [0.05, 0.1) is 25.2 Å². The lowest BCUT2D eigenvalue weighted by atomic mass is 9.81. The lowest BCUT2D eigenvalue weighted by Gasteiger charge is -2.31. The van der Waals surface area contributed by atoms with Crippen molar-refractivity contribution < 1.29 is 19.4 Å². The number of benzene rings is 1. The largest absolute Gasteiger partial charge is 0.496 e. The van der Waals surface area contributed by atoms with E-state index in [1.54, 1.807) is 21.0 Å². The van der Waals surface area contributed by atoms with Crippen LogP contribution >= 0.6 is 0 Å². The van der Waals surface area contributed by atoms with Crippen molar-refractivity contribution in [2.75, 3.05) is 13.7 Å². The number of esters is 1. The molecule has 0 spiro atoms. The van der Waals surface area contributed by atoms with E-state index in [-0.39, 0.29) is 5.97 Å². The van der Waals surface area contributed by atoms with Gasteiger partial charge in [-0.2, -0.15) is 0 Å². The van der Waals surface area contributed by atoms with Crippen LogP contribution in [0.15, 0.2) is 24.3 Å². The molecule has 2 atom stereocenters. The summed E-state index contributed by atoms with van der Waals surface area (Å²) < 4.78 is 10.4. The molecular formula is C17H26O4. The van der Waals surface area contributed by atoms with Gasteiger partial charge in [0.25, 0.3) is 0 Å². The van der Waals surface area contributed by atoms with Gasteiger partial charge in [-0.1, -0.05) is 31.5 Å². The Labute approximate surface area is 127 Å². The Morgan fingerprint density at radius 3 is 2.57 bits per heavy atom. The Bertz CT molecular complexity index is 454. The van der Waals surface area contributed by atoms with Crippen molar-refractivity contribution in [2.45, 2.75) is 45.6 Å². The molecule has 0 saturated heterocycles. The molecule has 118 valence electrons. The maximum atomic E-state index is 12.1. The predicted molar refractivity (Wildman–Crippen MR) is 82.4 cm³/mol. The van der Waals surface area contributed by atoms with Crippen molar-refractivity contribution in [3.63, 3.8) is 0 Å². The van der Waals surface area contributed by atoms with Gasteiger partial charge in [-0.3, -0.25) is 4.79 Å². The van der Waals surface area contributed by atoms with E-state index >= 15 is 0 Å². The van der Waals surface area contributed by atoms with E-state index in [2.05, 4.69) is 0 Å². The van der Waals surface area contributed by atoms with Gasteiger partial charge in [0.1, 0.15) is 5.75 Å². The van der Waals surface area contributed by atoms with Gasteiger partial charge in [0.2, 0.25) is 0 Å². The van der Waals surface area contributed by atoms with Crippen LogP contribution in [0.5, 0.6) is 5.75 Å². The van der Waals surface area contributed by atoms with Crippen molar-refractivity contribution in [3.8, 4) is 5.75 Å². The molecule has 0 aliphatic carbocycles. The molecular weight excluding hydrogens is 268 g/mol. The Balaban J connectivity index is 2.97. The first-order chi connectivity index (χ1) is 9.96. The minimum absolute atomic E-state index is 0.323. The molecule has 4 heteroatoms. The van der Waals surface area contributed by atoms with Crippen molar-refractivity contribution in [1.29, 1.82) is 0 Å². The summed E-state index contributed by atoms with van der Waals surface area (Å²) in [5, 5.41) is 10.8. The Hall–Kier alpha value is -1.55. The number of methoxy groups -OCH3 is 1. The second kappa shape index (κ2) is 8.03. The van der Waals surface area contributed by atoms with Gasteiger partial charge >= 0.3 is 5.97 Å². The second-order valence-corrected chi connectivity index (χ2v) is 5.44. The van der Waals surface area contributed by atoms with Gasteiger partial charge in [-0.05, 0) is 31.9 Å². The van der Waals surface area contributed by atoms with Crippen molar-refractivity contribution in [3.05, 3.63) is 29.8 Å². The molecule has 1 aromatic carbocycles. The molecule has 0 fully saturated rings. The van der Waals surface area contributed by atoms with Crippen molar-refractivity contribution in [2.24, 2.45) is 5.92 Å². The number of hydrogen-bond acceptors (Lipinski definition) is 4. The number of ether oxygens (including phenoxy) is 2. The fourth-order valence-electron chi connectivity index (χ4n) is 2.57. The summed E-state index contributed by atoms with van der Waals surface area (Å²) >= 11 is 0. The summed E-state index contributed by atoms with van der Waals surface area (Å²) in [5.74, 6) is -0.150. The maximum Gasteiger partial charge on any atom is 0.311 e. The number of aliphatic hydroxyl groups is 1. The quantitative estimate of drug-likeness (QED) is 0.749. The lowest BCUT2D eigenvalue weighted by molar-refractivity contribution is -0.157. The Morgan fingerprint density at radius 2 is 2.00 bits per heavy atom. The lowest BCUT2D eigenvalue weighted by Crippen LogP contribution is -2.42. The average molecular weight is 294 g/mol. The van der Waals surface area contributed by atoms with Crippen LogP contribution in [0.2, 0.25) is 0 Å². The highest BCUT2D eigenvalue weighted by molar-refractivity contribution is 5.74. The number of carbonyl (C=O) groups excluding carboxylic acids is 1. The molecule has 0 amide bonds. The van der Waals surface area contributed by atoms with Crippen LogP contribution in [0, 0.1) is 5.92 Å². The monoisotopic (exact) mass is 294 g/mol. The van der Waals surface area contributed by atoms with Crippen molar-refractivity contribution in [1.82, 2.24) is 0 Å². The molecule has 1 rings (SSSR count). The van der Waals surface area contributed by atoms with E-state index in [1.165, 1.54) is 0 Å². The summed E-state index contributed by atoms with van der Waals surface area (Å²) in [6.45, 7) is 5.78. The van der Waals surface area contributed by atoms with Crippen LogP contribution in [0.3, 0.4) is 0 Å². The van der Waals surface area contributed by atoms with E-state index in [0.717, 1.165) is 17.7 Å². The summed E-state index contributed by atoms with van der Waals surface area (Å²) in [5.41, 5.74) is -0.285. The average Bonchev–Trinajstić information content (AvgIpc) is 2.45. The Morgan fingerprint density at radius 1 is 1.33 bits per heavy atom. The summed E-state index contributed by atoms with van der Waals surface area (Å²) in [7, 11) is 1.60. The van der Waals surface area contributed by atoms with E-state index in [1.807, 2.05) is 31.2 Å². The highest BCUT2D eigenvalue weighted by Gasteiger charge is 2.38. The molecule has 4 nitrogen and oxygen atoms in total. The molecule has 1 aromatic rings. The fourth-order valence-corrected chi connectivity index (χ4v) is 2.57. The van der Waals surface area contributed by atoms with Gasteiger partial charge in [0, 0.05) is 6.42 Å². The third-order valence-corrected chi connectivity index (χ3v) is 3.64. The molecule has 0 heterocycles. The molecule has 0 saturated carbocycles. The zero-order valence-corrected chi connectivity index (χ0v) is 13.4. The summed E-state index contributed by atoms with van der Waals surface area (Å²) in [6.07, 6.45) is 1.76. The fraction of sp³-hybridized carbons (Fsp3) is 0.588. The van der Waals surface area contributed by atoms with E-state index in [0.29, 0.717) is 19.4 Å². The third kappa shape index (κ3) is 4.74. The highest BCUT2D eigenvalue weighted by Crippen LogP contribution is 2.30. The van der Waals surface area contributed by atoms with E-state index < -0.39 is 11.5 Å². The normalized spacial score (nSPS) is 15.1. The van der Waals surface area contributed by atoms with Crippen LogP contribution in [0.1, 0.15) is 39.2 Å². The molecule has 1 N–H and O–H groups in total. The smallest absolute Gasteiger partial charge is 0.311 e. The number of carbonyl (C=O) groups is 1. The maximum absolute atomic E-state index is 12.1. The third-order valence-electron chi connectivity index (χ3n) is 3.64. The number of hydrogen-bond donors (Lipinski definition) is 1. The first kappa shape index (κ1) is 17.5. The minimum Gasteiger partial charge on any atom is -0.496 e. The van der Waals surface area contributed by atoms with Gasteiger partial charge in [-0.15, -0.1) is 0 Å². The van der Waals surface area contributed by atoms with Gasteiger partial charge in [0.15, 0.2) is 0 Å². The molecule has 0 aliphatic heterocycles. The molecule has 0 aliphatic rings. The zero-order chi connectivity index (χ0) is 15.9.